The van der Waals surface area contributed by atoms with Crippen molar-refractivity contribution in [1.29, 1.82) is 0 Å². The van der Waals surface area contributed by atoms with E-state index in [0.717, 1.165) is 6.20 Å². The number of halogens is 6. The van der Waals surface area contributed by atoms with Gasteiger partial charge in [-0.25, -0.2) is 9.59 Å². The van der Waals surface area contributed by atoms with Gasteiger partial charge in [0, 0.05) is 0 Å². The lowest BCUT2D eigenvalue weighted by atomic mass is 10.2. The number of aromatic carboxylic acids is 1. The maximum Gasteiger partial charge on any atom is 0.433 e. The summed E-state index contributed by atoms with van der Waals surface area (Å²) in [4.78, 5) is 21.2. The van der Waals surface area contributed by atoms with Crippen LogP contribution in [0.5, 0.6) is 0 Å². The summed E-state index contributed by atoms with van der Waals surface area (Å²) in [6, 6.07) is 0. The highest BCUT2D eigenvalue weighted by molar-refractivity contribution is 5.90. The number of ether oxygens (including phenoxy) is 1. The summed E-state index contributed by atoms with van der Waals surface area (Å²) in [7, 11) is 0. The van der Waals surface area contributed by atoms with Crippen molar-refractivity contribution >= 4 is 11.9 Å². The highest BCUT2D eigenvalue weighted by Crippen LogP contribution is 2.30. The zero-order valence-electron chi connectivity index (χ0n) is 12.7. The summed E-state index contributed by atoms with van der Waals surface area (Å²) in [6.07, 6.45) is -7.92. The van der Waals surface area contributed by atoms with Gasteiger partial charge in [0.15, 0.2) is 11.4 Å². The number of alkyl halides is 6. The predicted molar refractivity (Wildman–Crippen MR) is 76.8 cm³/mol. The van der Waals surface area contributed by atoms with Gasteiger partial charge in [-0.3, -0.25) is 10.2 Å². The van der Waals surface area contributed by atoms with Crippen molar-refractivity contribution in [3.05, 3.63) is 34.9 Å². The first-order chi connectivity index (χ1) is 11.9. The van der Waals surface area contributed by atoms with Gasteiger partial charge in [0.1, 0.15) is 11.1 Å². The number of hydrogen-bond donors (Lipinski definition) is 3. The summed E-state index contributed by atoms with van der Waals surface area (Å²) in [5, 5.41) is 17.7. The predicted octanol–water partition coefficient (Wildman–Crippen LogP) is 3.37. The molecule has 0 aliphatic rings. The molecule has 0 aliphatic carbocycles. The third kappa shape index (κ3) is 6.31. The molecule has 2 rings (SSSR count). The van der Waals surface area contributed by atoms with Crippen molar-refractivity contribution in [3.8, 4) is 0 Å². The van der Waals surface area contributed by atoms with Crippen molar-refractivity contribution in [2.45, 2.75) is 26.7 Å². The maximum atomic E-state index is 12.2. The first kappa shape index (κ1) is 23.9. The van der Waals surface area contributed by atoms with E-state index in [1.807, 2.05) is 0 Å². The van der Waals surface area contributed by atoms with Gasteiger partial charge in [0.25, 0.3) is 0 Å². The van der Waals surface area contributed by atoms with E-state index < -0.39 is 46.8 Å². The van der Waals surface area contributed by atoms with Crippen LogP contribution in [-0.4, -0.2) is 44.0 Å². The van der Waals surface area contributed by atoms with Gasteiger partial charge in [-0.15, -0.1) is 0 Å². The second kappa shape index (κ2) is 9.05. The molecule has 0 unspecified atom stereocenters. The fraction of sp³-hybridized carbons (Fsp3) is 0.385. The molecule has 2 aromatic rings. The number of rotatable bonds is 3. The standard InChI is InChI=1S/C7H7F3N2O2.C5H3F3N2O2.CH4/c1-2-14-6(13)4-3-11-12-5(4)7(8,9)10;6-5(7,8)3-2(4(11)12)1-9-10-3;/h3H,2H2,1H3,(H,11,12);1H,(H,9,10)(H,11,12);1H4. The molecule has 0 saturated heterocycles. The van der Waals surface area contributed by atoms with Crippen LogP contribution in [0.25, 0.3) is 0 Å². The lowest BCUT2D eigenvalue weighted by Gasteiger charge is -2.05. The van der Waals surface area contributed by atoms with Crippen molar-refractivity contribution < 1.29 is 45.8 Å². The molecule has 0 aromatic carbocycles. The number of aromatic amines is 2. The number of esters is 1. The minimum Gasteiger partial charge on any atom is -0.478 e. The summed E-state index contributed by atoms with van der Waals surface area (Å²) < 4.78 is 76.8. The van der Waals surface area contributed by atoms with Crippen molar-refractivity contribution in [3.63, 3.8) is 0 Å². The molecule has 3 N–H and O–H groups in total. The Hall–Kier alpha value is -3.06. The lowest BCUT2D eigenvalue weighted by molar-refractivity contribution is -0.142. The number of nitrogens with one attached hydrogen (secondary N) is 2. The molecule has 0 aliphatic heterocycles. The van der Waals surface area contributed by atoms with E-state index >= 15 is 0 Å². The third-order valence-electron chi connectivity index (χ3n) is 2.57. The Morgan fingerprint density at radius 1 is 1.00 bits per heavy atom. The van der Waals surface area contributed by atoms with E-state index in [4.69, 9.17) is 5.11 Å². The summed E-state index contributed by atoms with van der Waals surface area (Å²) in [5.74, 6) is -2.69. The zero-order valence-corrected chi connectivity index (χ0v) is 12.7. The van der Waals surface area contributed by atoms with Crippen molar-refractivity contribution in [1.82, 2.24) is 20.4 Å². The Kier molecular flexibility index (Phi) is 8.02. The fourth-order valence-electron chi connectivity index (χ4n) is 1.53. The SMILES string of the molecule is C.CCOC(=O)c1cn[nH]c1C(F)(F)F.O=C(O)c1cn[nH]c1C(F)(F)F. The molecule has 2 aromatic heterocycles. The number of carboxylic acid groups (broad SMARTS) is 1. The summed E-state index contributed by atoms with van der Waals surface area (Å²) in [5.41, 5.74) is -3.99. The monoisotopic (exact) mass is 404 g/mol. The number of carbonyl (C=O) groups excluding carboxylic acids is 1. The van der Waals surface area contributed by atoms with Crippen LogP contribution in [0.15, 0.2) is 12.4 Å². The molecule has 8 nitrogen and oxygen atoms in total. The molecule has 0 saturated carbocycles. The zero-order chi connectivity index (χ0) is 20.1. The Labute approximate surface area is 147 Å². The van der Waals surface area contributed by atoms with Gasteiger partial charge in [0.05, 0.1) is 19.0 Å². The molecule has 0 fully saturated rings. The first-order valence-electron chi connectivity index (χ1n) is 6.51. The highest BCUT2D eigenvalue weighted by atomic mass is 19.4. The molecule has 0 spiro atoms. The molecule has 152 valence electrons. The van der Waals surface area contributed by atoms with Crippen LogP contribution >= 0.6 is 0 Å². The Balaban J connectivity index is 0.000000488. The minimum absolute atomic E-state index is 0. The van der Waals surface area contributed by atoms with Crippen LogP contribution < -0.4 is 0 Å². The van der Waals surface area contributed by atoms with Gasteiger partial charge >= 0.3 is 24.3 Å². The van der Waals surface area contributed by atoms with E-state index in [1.54, 1.807) is 10.2 Å². The van der Waals surface area contributed by atoms with Gasteiger partial charge in [-0.05, 0) is 6.92 Å². The number of carbonyl (C=O) groups is 2. The Bertz CT molecular complexity index is 765. The van der Waals surface area contributed by atoms with E-state index in [2.05, 4.69) is 14.9 Å². The quantitative estimate of drug-likeness (QED) is 0.533. The molecular weight excluding hydrogens is 390 g/mol. The number of nitrogens with zero attached hydrogens (tertiary/aromatic N) is 2. The largest absolute Gasteiger partial charge is 0.478 e. The van der Waals surface area contributed by atoms with Crippen LogP contribution in [0, 0.1) is 0 Å². The fourth-order valence-corrected chi connectivity index (χ4v) is 1.53. The summed E-state index contributed by atoms with van der Waals surface area (Å²) >= 11 is 0. The van der Waals surface area contributed by atoms with Crippen LogP contribution in [0.1, 0.15) is 46.5 Å². The van der Waals surface area contributed by atoms with E-state index in [0.29, 0.717) is 6.20 Å². The topological polar surface area (TPSA) is 121 Å². The normalized spacial score (nSPS) is 11.1. The van der Waals surface area contributed by atoms with Crippen LogP contribution in [0.2, 0.25) is 0 Å². The Morgan fingerprint density at radius 2 is 1.41 bits per heavy atom. The van der Waals surface area contributed by atoms with Gasteiger partial charge in [-0.2, -0.15) is 36.5 Å². The minimum atomic E-state index is -4.70. The summed E-state index contributed by atoms with van der Waals surface area (Å²) in [6.45, 7) is 1.52. The van der Waals surface area contributed by atoms with Gasteiger partial charge in [-0.1, -0.05) is 7.43 Å². The maximum absolute atomic E-state index is 12.2. The van der Waals surface area contributed by atoms with Crippen LogP contribution in [0.3, 0.4) is 0 Å². The van der Waals surface area contributed by atoms with Crippen LogP contribution in [0.4, 0.5) is 26.3 Å². The molecule has 2 heterocycles. The molecule has 27 heavy (non-hydrogen) atoms. The number of H-pyrrole nitrogens is 2. The molecular formula is C13H14F6N4O4. The van der Waals surface area contributed by atoms with Crippen molar-refractivity contribution in [2.75, 3.05) is 6.61 Å². The molecule has 0 radical (unpaired) electrons. The second-order valence-corrected chi connectivity index (χ2v) is 4.34. The van der Waals surface area contributed by atoms with Crippen molar-refractivity contribution in [2.24, 2.45) is 0 Å². The second-order valence-electron chi connectivity index (χ2n) is 4.34. The lowest BCUT2D eigenvalue weighted by Crippen LogP contribution is -2.14. The van der Waals surface area contributed by atoms with E-state index in [9.17, 15) is 35.9 Å². The number of carboxylic acids is 1. The smallest absolute Gasteiger partial charge is 0.433 e. The molecule has 0 atom stereocenters. The number of hydrogen-bond acceptors (Lipinski definition) is 5. The molecule has 0 amide bonds. The highest BCUT2D eigenvalue weighted by Gasteiger charge is 2.38. The molecule has 14 heteroatoms. The number of aromatic nitrogens is 4. The van der Waals surface area contributed by atoms with E-state index in [1.165, 1.54) is 6.92 Å². The Morgan fingerprint density at radius 3 is 1.74 bits per heavy atom. The molecule has 0 bridgehead atoms. The third-order valence-corrected chi connectivity index (χ3v) is 2.57. The average Bonchev–Trinajstić information content (AvgIpc) is 3.16. The van der Waals surface area contributed by atoms with Crippen LogP contribution in [-0.2, 0) is 17.1 Å². The van der Waals surface area contributed by atoms with Gasteiger partial charge < -0.3 is 9.84 Å². The van der Waals surface area contributed by atoms with E-state index in [-0.39, 0.29) is 14.0 Å². The first-order valence-corrected chi connectivity index (χ1v) is 6.51. The average molecular weight is 404 g/mol. The van der Waals surface area contributed by atoms with Gasteiger partial charge in [0.2, 0.25) is 0 Å².